The van der Waals surface area contributed by atoms with E-state index in [1.807, 2.05) is 6.92 Å². The highest BCUT2D eigenvalue weighted by atomic mass is 35.5. The van der Waals surface area contributed by atoms with Gasteiger partial charge in [0.25, 0.3) is 10.0 Å². The molecule has 3 aromatic carbocycles. The van der Waals surface area contributed by atoms with Crippen molar-refractivity contribution in [2.45, 2.75) is 63.1 Å². The van der Waals surface area contributed by atoms with E-state index in [9.17, 15) is 18.0 Å². The van der Waals surface area contributed by atoms with Gasteiger partial charge in [0.2, 0.25) is 11.8 Å². The van der Waals surface area contributed by atoms with Crippen LogP contribution in [-0.4, -0.2) is 58.0 Å². The summed E-state index contributed by atoms with van der Waals surface area (Å²) in [6.07, 6.45) is 3.87. The summed E-state index contributed by atoms with van der Waals surface area (Å²) in [5.74, 6) is -0.235. The quantitative estimate of drug-likeness (QED) is 0.291. The van der Waals surface area contributed by atoms with Crippen molar-refractivity contribution in [3.05, 3.63) is 82.9 Å². The lowest BCUT2D eigenvalue weighted by Crippen LogP contribution is -2.52. The Kier molecular flexibility index (Phi) is 10.6. The molecule has 1 N–H and O–H groups in total. The van der Waals surface area contributed by atoms with Gasteiger partial charge in [-0.3, -0.25) is 13.9 Å². The minimum Gasteiger partial charge on any atom is -0.497 e. The number of nitrogens with one attached hydrogen (secondary N) is 1. The molecule has 0 saturated heterocycles. The van der Waals surface area contributed by atoms with Crippen molar-refractivity contribution < 1.29 is 27.5 Å². The molecule has 0 radical (unpaired) electrons. The van der Waals surface area contributed by atoms with Crippen molar-refractivity contribution in [3.8, 4) is 11.5 Å². The molecule has 230 valence electrons. The molecule has 43 heavy (non-hydrogen) atoms. The molecule has 11 heteroatoms. The monoisotopic (exact) mass is 627 g/mol. The van der Waals surface area contributed by atoms with Crippen LogP contribution in [0.25, 0.3) is 0 Å². The van der Waals surface area contributed by atoms with Gasteiger partial charge in [-0.25, -0.2) is 8.42 Å². The molecule has 1 saturated carbocycles. The van der Waals surface area contributed by atoms with Crippen LogP contribution in [0.3, 0.4) is 0 Å². The third-order valence-electron chi connectivity index (χ3n) is 7.68. The largest absolute Gasteiger partial charge is 0.497 e. The maximum absolute atomic E-state index is 14.2. The molecule has 0 spiro atoms. The van der Waals surface area contributed by atoms with Gasteiger partial charge in [0.1, 0.15) is 24.1 Å². The molecular formula is C32H38ClN3O6S. The standard InChI is InChI=1S/C32H38ClN3O6S/c1-22-9-16-28(17-10-22)43(39,40)36(29-19-27(41-3)15-18-30(29)42-4)21-31(37)35(20-24-11-13-25(33)14-12-24)23(2)32(38)34-26-7-5-6-8-26/h9-19,23,26H,5-8,20-21H2,1-4H3,(H,34,38). The van der Waals surface area contributed by atoms with Crippen LogP contribution in [0, 0.1) is 6.92 Å². The lowest BCUT2D eigenvalue weighted by atomic mass is 10.1. The Hall–Kier alpha value is -3.76. The van der Waals surface area contributed by atoms with Crippen molar-refractivity contribution in [2.24, 2.45) is 0 Å². The maximum Gasteiger partial charge on any atom is 0.264 e. The van der Waals surface area contributed by atoms with Crippen LogP contribution in [0.1, 0.15) is 43.7 Å². The van der Waals surface area contributed by atoms with Gasteiger partial charge in [-0.2, -0.15) is 0 Å². The highest BCUT2D eigenvalue weighted by Gasteiger charge is 2.34. The first-order chi connectivity index (χ1) is 20.5. The predicted molar refractivity (Wildman–Crippen MR) is 167 cm³/mol. The average Bonchev–Trinajstić information content (AvgIpc) is 3.52. The summed E-state index contributed by atoms with van der Waals surface area (Å²) in [6, 6.07) is 17.3. The smallest absolute Gasteiger partial charge is 0.264 e. The van der Waals surface area contributed by atoms with Gasteiger partial charge in [-0.05, 0) is 68.7 Å². The lowest BCUT2D eigenvalue weighted by Gasteiger charge is -2.33. The molecule has 1 aliphatic carbocycles. The van der Waals surface area contributed by atoms with E-state index in [4.69, 9.17) is 21.1 Å². The third kappa shape index (κ3) is 7.80. The van der Waals surface area contributed by atoms with Crippen LogP contribution < -0.4 is 19.1 Å². The fourth-order valence-corrected chi connectivity index (χ4v) is 6.65. The van der Waals surface area contributed by atoms with Gasteiger partial charge in [0.15, 0.2) is 0 Å². The average molecular weight is 628 g/mol. The number of sulfonamides is 1. The maximum atomic E-state index is 14.2. The number of methoxy groups -OCH3 is 2. The van der Waals surface area contributed by atoms with Crippen LogP contribution in [0.5, 0.6) is 11.5 Å². The van der Waals surface area contributed by atoms with Crippen LogP contribution in [0.15, 0.2) is 71.6 Å². The SMILES string of the molecule is COc1ccc(OC)c(N(CC(=O)N(Cc2ccc(Cl)cc2)C(C)C(=O)NC2CCCC2)S(=O)(=O)c2ccc(C)cc2)c1. The molecule has 1 aliphatic rings. The topological polar surface area (TPSA) is 105 Å². The van der Waals surface area contributed by atoms with Gasteiger partial charge < -0.3 is 19.7 Å². The second kappa shape index (κ2) is 14.1. The molecule has 4 rings (SSSR count). The fourth-order valence-electron chi connectivity index (χ4n) is 5.10. The zero-order chi connectivity index (χ0) is 31.1. The summed E-state index contributed by atoms with van der Waals surface area (Å²) < 4.78 is 40.2. The van der Waals surface area contributed by atoms with Crippen molar-refractivity contribution in [3.63, 3.8) is 0 Å². The summed E-state index contributed by atoms with van der Waals surface area (Å²) in [6.45, 7) is 3.00. The van der Waals surface area contributed by atoms with Crippen LogP contribution >= 0.6 is 11.6 Å². The molecule has 3 aromatic rings. The molecule has 1 fully saturated rings. The van der Waals surface area contributed by atoms with Crippen LogP contribution in [-0.2, 0) is 26.2 Å². The number of anilines is 1. The normalized spacial score (nSPS) is 14.2. The van der Waals surface area contributed by atoms with Gasteiger partial charge in [0.05, 0.1) is 24.8 Å². The Labute approximate surface area is 258 Å². The second-order valence-corrected chi connectivity index (χ2v) is 13.0. The Bertz CT molecular complexity index is 1520. The summed E-state index contributed by atoms with van der Waals surface area (Å²) in [4.78, 5) is 29.0. The number of hydrogen-bond acceptors (Lipinski definition) is 6. The Morgan fingerprint density at radius 3 is 2.23 bits per heavy atom. The summed E-state index contributed by atoms with van der Waals surface area (Å²) in [5, 5.41) is 3.60. The van der Waals surface area contributed by atoms with Crippen molar-refractivity contribution >= 4 is 39.1 Å². The highest BCUT2D eigenvalue weighted by molar-refractivity contribution is 7.92. The number of benzene rings is 3. The number of rotatable bonds is 12. The Morgan fingerprint density at radius 1 is 0.977 bits per heavy atom. The number of carbonyl (C=O) groups is 2. The first kappa shape index (κ1) is 32.2. The van der Waals surface area contributed by atoms with Crippen molar-refractivity contribution in [1.82, 2.24) is 10.2 Å². The van der Waals surface area contributed by atoms with Gasteiger partial charge >= 0.3 is 0 Å². The lowest BCUT2D eigenvalue weighted by molar-refractivity contribution is -0.139. The minimum atomic E-state index is -4.27. The van der Waals surface area contributed by atoms with Crippen molar-refractivity contribution in [2.75, 3.05) is 25.1 Å². The fraction of sp³-hybridized carbons (Fsp3) is 0.375. The predicted octanol–water partition coefficient (Wildman–Crippen LogP) is 5.34. The number of aryl methyl sites for hydroxylation is 1. The van der Waals surface area contributed by atoms with E-state index in [1.165, 1.54) is 37.3 Å². The number of carbonyl (C=O) groups excluding carboxylic acids is 2. The van der Waals surface area contributed by atoms with Crippen molar-refractivity contribution in [1.29, 1.82) is 0 Å². The minimum absolute atomic E-state index is 0.00653. The summed E-state index contributed by atoms with van der Waals surface area (Å²) >= 11 is 6.09. The number of hydrogen-bond donors (Lipinski definition) is 1. The molecule has 2 amide bonds. The van der Waals surface area contributed by atoms with E-state index in [0.717, 1.165) is 41.1 Å². The summed E-state index contributed by atoms with van der Waals surface area (Å²) in [5.41, 5.74) is 1.76. The number of nitrogens with zero attached hydrogens (tertiary/aromatic N) is 2. The molecule has 0 heterocycles. The van der Waals surface area contributed by atoms with E-state index >= 15 is 0 Å². The number of amides is 2. The van der Waals surface area contributed by atoms with E-state index in [1.54, 1.807) is 55.5 Å². The van der Waals surface area contributed by atoms with E-state index in [-0.39, 0.29) is 34.8 Å². The molecule has 0 aliphatic heterocycles. The zero-order valence-electron chi connectivity index (χ0n) is 24.9. The zero-order valence-corrected chi connectivity index (χ0v) is 26.5. The highest BCUT2D eigenvalue weighted by Crippen LogP contribution is 2.36. The summed E-state index contributed by atoms with van der Waals surface area (Å²) in [7, 11) is -1.38. The third-order valence-corrected chi connectivity index (χ3v) is 9.70. The van der Waals surface area contributed by atoms with Gasteiger partial charge in [-0.15, -0.1) is 0 Å². The van der Waals surface area contributed by atoms with E-state index < -0.39 is 28.5 Å². The molecular weight excluding hydrogens is 590 g/mol. The van der Waals surface area contributed by atoms with E-state index in [2.05, 4.69) is 5.32 Å². The Balaban J connectivity index is 1.75. The Morgan fingerprint density at radius 2 is 1.63 bits per heavy atom. The first-order valence-electron chi connectivity index (χ1n) is 14.2. The van der Waals surface area contributed by atoms with Crippen LogP contribution in [0.4, 0.5) is 5.69 Å². The van der Waals surface area contributed by atoms with Gasteiger partial charge in [-0.1, -0.05) is 54.3 Å². The number of ether oxygens (including phenoxy) is 2. The molecule has 9 nitrogen and oxygen atoms in total. The second-order valence-electron chi connectivity index (χ2n) is 10.7. The van der Waals surface area contributed by atoms with Crippen LogP contribution in [0.2, 0.25) is 5.02 Å². The number of halogens is 1. The molecule has 1 atom stereocenters. The molecule has 1 unspecified atom stereocenters. The molecule has 0 aromatic heterocycles. The van der Waals surface area contributed by atoms with E-state index in [0.29, 0.717) is 10.8 Å². The molecule has 0 bridgehead atoms. The van der Waals surface area contributed by atoms with Gasteiger partial charge in [0, 0.05) is 23.7 Å². The first-order valence-corrected chi connectivity index (χ1v) is 16.0.